The van der Waals surface area contributed by atoms with Crippen molar-refractivity contribution in [1.82, 2.24) is 9.62 Å². The maximum Gasteiger partial charge on any atom is 0.251 e. The highest BCUT2D eigenvalue weighted by Crippen LogP contribution is 2.24. The number of rotatable bonds is 6. The molecule has 0 aromatic heterocycles. The summed E-state index contributed by atoms with van der Waals surface area (Å²) < 4.78 is 41.3. The minimum atomic E-state index is -3.96. The second kappa shape index (κ2) is 9.05. The Morgan fingerprint density at radius 3 is 2.38 bits per heavy atom. The van der Waals surface area contributed by atoms with Gasteiger partial charge >= 0.3 is 0 Å². The van der Waals surface area contributed by atoms with Crippen LogP contribution >= 0.6 is 0 Å². The van der Waals surface area contributed by atoms with Crippen molar-refractivity contribution >= 4 is 15.9 Å². The molecule has 0 bridgehead atoms. The molecule has 0 aliphatic carbocycles. The van der Waals surface area contributed by atoms with Crippen molar-refractivity contribution in [1.29, 1.82) is 0 Å². The lowest BCUT2D eigenvalue weighted by molar-refractivity contribution is 0.0939. The number of nitrogens with zero attached hydrogens (tertiary/aromatic N) is 1. The fourth-order valence-electron chi connectivity index (χ4n) is 3.49. The first-order chi connectivity index (χ1) is 13.8. The zero-order valence-corrected chi connectivity index (χ0v) is 17.6. The van der Waals surface area contributed by atoms with Gasteiger partial charge in [-0.05, 0) is 55.5 Å². The van der Waals surface area contributed by atoms with E-state index in [9.17, 15) is 17.6 Å². The summed E-state index contributed by atoms with van der Waals surface area (Å²) in [6, 6.07) is 11.2. The van der Waals surface area contributed by atoms with E-state index in [-0.39, 0.29) is 11.6 Å². The predicted octanol–water partition coefficient (Wildman–Crippen LogP) is 4.05. The smallest absolute Gasteiger partial charge is 0.251 e. The van der Waals surface area contributed by atoms with Gasteiger partial charge in [0.1, 0.15) is 10.7 Å². The van der Waals surface area contributed by atoms with Crippen LogP contribution in [0.1, 0.15) is 60.6 Å². The quantitative estimate of drug-likeness (QED) is 0.770. The van der Waals surface area contributed by atoms with Crippen molar-refractivity contribution in [3.63, 3.8) is 0 Å². The van der Waals surface area contributed by atoms with Gasteiger partial charge in [-0.3, -0.25) is 4.79 Å². The lowest BCUT2D eigenvalue weighted by Crippen LogP contribution is -2.36. The van der Waals surface area contributed by atoms with Crippen LogP contribution in [0.15, 0.2) is 47.4 Å². The topological polar surface area (TPSA) is 66.5 Å². The standard InChI is InChI=1S/C22H27FN2O3S/c1-3-17-7-9-18(10-8-17)16(2)24-22(26)19-11-12-20(23)21(15-19)29(27,28)25-13-5-4-6-14-25/h7-12,15-16H,3-6,13-14H2,1-2H3,(H,24,26). The van der Waals surface area contributed by atoms with Crippen LogP contribution in [0.2, 0.25) is 0 Å². The molecule has 1 atom stereocenters. The van der Waals surface area contributed by atoms with Crippen molar-refractivity contribution in [2.24, 2.45) is 0 Å². The number of carbonyl (C=O) groups excluding carboxylic acids is 1. The molecule has 156 valence electrons. The Bertz CT molecular complexity index is 968. The third-order valence-corrected chi connectivity index (χ3v) is 7.28. The fourth-order valence-corrected chi connectivity index (χ4v) is 5.10. The summed E-state index contributed by atoms with van der Waals surface area (Å²) in [6.45, 7) is 4.68. The molecule has 29 heavy (non-hydrogen) atoms. The van der Waals surface area contributed by atoms with Crippen molar-refractivity contribution in [2.75, 3.05) is 13.1 Å². The van der Waals surface area contributed by atoms with E-state index in [1.165, 1.54) is 15.9 Å². The van der Waals surface area contributed by atoms with Gasteiger partial charge in [0.25, 0.3) is 5.91 Å². The first-order valence-corrected chi connectivity index (χ1v) is 11.5. The van der Waals surface area contributed by atoms with Gasteiger partial charge in [-0.2, -0.15) is 4.31 Å². The van der Waals surface area contributed by atoms with E-state index in [4.69, 9.17) is 0 Å². The molecule has 1 amide bonds. The molecular weight excluding hydrogens is 391 g/mol. The number of nitrogens with one attached hydrogen (secondary N) is 1. The van der Waals surface area contributed by atoms with Gasteiger partial charge in [-0.25, -0.2) is 12.8 Å². The van der Waals surface area contributed by atoms with Crippen molar-refractivity contribution in [3.05, 3.63) is 65.0 Å². The molecule has 0 spiro atoms. The van der Waals surface area contributed by atoms with Gasteiger partial charge in [0.2, 0.25) is 10.0 Å². The summed E-state index contributed by atoms with van der Waals surface area (Å²) in [5.41, 5.74) is 2.27. The molecule has 5 nitrogen and oxygen atoms in total. The Balaban J connectivity index is 1.79. The fraction of sp³-hybridized carbons (Fsp3) is 0.409. The molecule has 1 aliphatic heterocycles. The normalized spacial score (nSPS) is 16.4. The Hall–Kier alpha value is -2.25. The molecular formula is C22H27FN2O3S. The van der Waals surface area contributed by atoms with E-state index in [0.717, 1.165) is 43.4 Å². The summed E-state index contributed by atoms with van der Waals surface area (Å²) >= 11 is 0. The van der Waals surface area contributed by atoms with Gasteiger partial charge in [-0.1, -0.05) is 37.6 Å². The zero-order valence-electron chi connectivity index (χ0n) is 16.8. The summed E-state index contributed by atoms with van der Waals surface area (Å²) in [5, 5.41) is 2.86. The number of halogens is 1. The number of hydrogen-bond donors (Lipinski definition) is 1. The molecule has 3 rings (SSSR count). The van der Waals surface area contributed by atoms with Crippen LogP contribution in [0.3, 0.4) is 0 Å². The number of amides is 1. The monoisotopic (exact) mass is 418 g/mol. The first-order valence-electron chi connectivity index (χ1n) is 10.0. The van der Waals surface area contributed by atoms with E-state index in [1.807, 2.05) is 31.2 Å². The van der Waals surface area contributed by atoms with Gasteiger partial charge in [0, 0.05) is 18.7 Å². The second-order valence-electron chi connectivity index (χ2n) is 7.40. The number of carbonyl (C=O) groups is 1. The Morgan fingerprint density at radius 1 is 1.10 bits per heavy atom. The summed E-state index contributed by atoms with van der Waals surface area (Å²) in [6.07, 6.45) is 3.42. The third kappa shape index (κ3) is 4.85. The number of benzene rings is 2. The average Bonchev–Trinajstić information content (AvgIpc) is 2.74. The van der Waals surface area contributed by atoms with Gasteiger partial charge in [0.15, 0.2) is 0 Å². The van der Waals surface area contributed by atoms with E-state index in [2.05, 4.69) is 12.2 Å². The maximum atomic E-state index is 14.3. The Labute approximate surface area is 172 Å². The zero-order chi connectivity index (χ0) is 21.0. The largest absolute Gasteiger partial charge is 0.346 e. The van der Waals surface area contributed by atoms with Crippen LogP contribution < -0.4 is 5.32 Å². The minimum absolute atomic E-state index is 0.124. The maximum absolute atomic E-state index is 14.3. The van der Waals surface area contributed by atoms with E-state index in [0.29, 0.717) is 13.1 Å². The molecule has 0 radical (unpaired) electrons. The van der Waals surface area contributed by atoms with E-state index >= 15 is 0 Å². The highest BCUT2D eigenvalue weighted by molar-refractivity contribution is 7.89. The molecule has 1 aliphatic rings. The van der Waals surface area contributed by atoms with Crippen molar-refractivity contribution in [3.8, 4) is 0 Å². The van der Waals surface area contributed by atoms with Crippen LogP contribution in [0.25, 0.3) is 0 Å². The number of hydrogen-bond acceptors (Lipinski definition) is 3. The third-order valence-electron chi connectivity index (χ3n) is 5.36. The van der Waals surface area contributed by atoms with E-state index in [1.54, 1.807) is 0 Å². The van der Waals surface area contributed by atoms with Crippen LogP contribution in [0.5, 0.6) is 0 Å². The Morgan fingerprint density at radius 2 is 1.76 bits per heavy atom. The molecule has 1 saturated heterocycles. The summed E-state index contributed by atoms with van der Waals surface area (Å²) in [5.74, 6) is -1.28. The second-order valence-corrected chi connectivity index (χ2v) is 9.31. The minimum Gasteiger partial charge on any atom is -0.346 e. The number of aryl methyl sites for hydroxylation is 1. The molecule has 1 unspecified atom stereocenters. The van der Waals surface area contributed by atoms with Gasteiger partial charge < -0.3 is 5.32 Å². The SMILES string of the molecule is CCc1ccc(C(C)NC(=O)c2ccc(F)c(S(=O)(=O)N3CCCCC3)c2)cc1. The molecule has 0 saturated carbocycles. The molecule has 1 N–H and O–H groups in total. The van der Waals surface area contributed by atoms with Gasteiger partial charge in [-0.15, -0.1) is 0 Å². The summed E-state index contributed by atoms with van der Waals surface area (Å²) in [4.78, 5) is 12.2. The average molecular weight is 419 g/mol. The molecule has 2 aromatic rings. The first kappa shape index (κ1) is 21.5. The molecule has 1 heterocycles. The number of piperidine rings is 1. The molecule has 2 aromatic carbocycles. The predicted molar refractivity (Wildman–Crippen MR) is 111 cm³/mol. The van der Waals surface area contributed by atoms with Crippen LogP contribution in [0, 0.1) is 5.82 Å². The van der Waals surface area contributed by atoms with Crippen LogP contribution in [-0.2, 0) is 16.4 Å². The van der Waals surface area contributed by atoms with Crippen LogP contribution in [-0.4, -0.2) is 31.7 Å². The lowest BCUT2D eigenvalue weighted by atomic mass is 10.0. The van der Waals surface area contributed by atoms with Gasteiger partial charge in [0.05, 0.1) is 6.04 Å². The highest BCUT2D eigenvalue weighted by Gasteiger charge is 2.29. The van der Waals surface area contributed by atoms with E-state index < -0.39 is 26.6 Å². The Kier molecular flexibility index (Phi) is 6.70. The molecule has 7 heteroatoms. The number of sulfonamides is 1. The highest BCUT2D eigenvalue weighted by atomic mass is 32.2. The van der Waals surface area contributed by atoms with Crippen molar-refractivity contribution in [2.45, 2.75) is 50.5 Å². The molecule has 1 fully saturated rings. The lowest BCUT2D eigenvalue weighted by Gasteiger charge is -2.26. The summed E-state index contributed by atoms with van der Waals surface area (Å²) in [7, 11) is -3.96. The van der Waals surface area contributed by atoms with Crippen LogP contribution in [0.4, 0.5) is 4.39 Å². The van der Waals surface area contributed by atoms with Crippen molar-refractivity contribution < 1.29 is 17.6 Å².